The summed E-state index contributed by atoms with van der Waals surface area (Å²) in [6.45, 7) is 4.18. The van der Waals surface area contributed by atoms with Crippen molar-refractivity contribution in [2.24, 2.45) is 4.99 Å². The second-order valence-electron chi connectivity index (χ2n) is 5.57. The molecule has 0 atom stereocenters. The fraction of sp³-hybridized carbons (Fsp3) is 0.533. The molecule has 0 amide bonds. The highest BCUT2D eigenvalue weighted by atomic mass is 35.5. The second-order valence-corrected chi connectivity index (χ2v) is 7.81. The Labute approximate surface area is 148 Å². The maximum absolute atomic E-state index is 11.0. The Balaban J connectivity index is 1.83. The molecule has 1 fully saturated rings. The summed E-state index contributed by atoms with van der Waals surface area (Å²) in [5.74, 6) is 0.782. The summed E-state index contributed by atoms with van der Waals surface area (Å²) in [6.07, 6.45) is 1.15. The number of sulfonamides is 1. The number of benzene rings is 1. The number of halogens is 1. The van der Waals surface area contributed by atoms with E-state index in [4.69, 9.17) is 11.6 Å². The number of aliphatic imine (C=N–C) groups is 1. The molecule has 24 heavy (non-hydrogen) atoms. The fourth-order valence-electron chi connectivity index (χ4n) is 2.61. The molecular weight excluding hydrogens is 350 g/mol. The molecule has 2 rings (SSSR count). The van der Waals surface area contributed by atoms with Gasteiger partial charge in [-0.3, -0.25) is 4.99 Å². The van der Waals surface area contributed by atoms with Crippen LogP contribution in [0.1, 0.15) is 0 Å². The normalized spacial score (nSPS) is 16.4. The van der Waals surface area contributed by atoms with Crippen molar-refractivity contribution in [2.45, 2.75) is 0 Å². The predicted molar refractivity (Wildman–Crippen MR) is 99.4 cm³/mol. The van der Waals surface area contributed by atoms with E-state index in [1.165, 1.54) is 0 Å². The van der Waals surface area contributed by atoms with E-state index in [2.05, 4.69) is 24.8 Å². The Bertz CT molecular complexity index is 672. The summed E-state index contributed by atoms with van der Waals surface area (Å²) in [7, 11) is -1.43. The Kier molecular flexibility index (Phi) is 6.70. The lowest BCUT2D eigenvalue weighted by molar-refractivity contribution is 0.373. The van der Waals surface area contributed by atoms with Gasteiger partial charge in [0.2, 0.25) is 10.0 Å². The van der Waals surface area contributed by atoms with Crippen molar-refractivity contribution in [3.05, 3.63) is 29.3 Å². The zero-order valence-electron chi connectivity index (χ0n) is 14.0. The van der Waals surface area contributed by atoms with Gasteiger partial charge in [-0.15, -0.1) is 0 Å². The summed E-state index contributed by atoms with van der Waals surface area (Å²) in [5, 5.41) is 3.95. The van der Waals surface area contributed by atoms with E-state index in [1.54, 1.807) is 7.05 Å². The maximum atomic E-state index is 11.0. The van der Waals surface area contributed by atoms with Crippen LogP contribution in [0.15, 0.2) is 29.3 Å². The van der Waals surface area contributed by atoms with Crippen molar-refractivity contribution in [3.8, 4) is 0 Å². The number of rotatable bonds is 5. The minimum absolute atomic E-state index is 0.331. The highest BCUT2D eigenvalue weighted by Crippen LogP contribution is 2.25. The average Bonchev–Trinajstić information content (AvgIpc) is 2.55. The molecule has 1 aliphatic heterocycles. The van der Waals surface area contributed by atoms with Gasteiger partial charge in [-0.1, -0.05) is 23.7 Å². The molecule has 0 aromatic heterocycles. The molecule has 9 heteroatoms. The van der Waals surface area contributed by atoms with Crippen LogP contribution in [-0.4, -0.2) is 71.8 Å². The summed E-state index contributed by atoms with van der Waals surface area (Å²) in [5.41, 5.74) is 1.05. The molecule has 0 radical (unpaired) electrons. The van der Waals surface area contributed by atoms with Crippen molar-refractivity contribution in [1.82, 2.24) is 14.9 Å². The van der Waals surface area contributed by atoms with Crippen molar-refractivity contribution >= 4 is 33.3 Å². The van der Waals surface area contributed by atoms with Gasteiger partial charge in [-0.05, 0) is 12.1 Å². The number of hydrogen-bond donors (Lipinski definition) is 2. The average molecular weight is 374 g/mol. The third kappa shape index (κ3) is 5.54. The first-order chi connectivity index (χ1) is 11.4. The fourth-order valence-corrected chi connectivity index (χ4v) is 3.34. The van der Waals surface area contributed by atoms with Gasteiger partial charge in [0.1, 0.15) is 0 Å². The van der Waals surface area contributed by atoms with Gasteiger partial charge >= 0.3 is 0 Å². The van der Waals surface area contributed by atoms with Crippen LogP contribution in [0.5, 0.6) is 0 Å². The Hall–Kier alpha value is -1.51. The Morgan fingerprint density at radius 2 is 1.88 bits per heavy atom. The van der Waals surface area contributed by atoms with Crippen LogP contribution in [0.4, 0.5) is 5.69 Å². The van der Waals surface area contributed by atoms with Gasteiger partial charge in [-0.25, -0.2) is 13.1 Å². The molecule has 0 saturated carbocycles. The highest BCUT2D eigenvalue weighted by Gasteiger charge is 2.20. The zero-order valence-corrected chi connectivity index (χ0v) is 15.6. The number of nitrogens with one attached hydrogen (secondary N) is 2. The molecule has 0 bridgehead atoms. The number of guanidine groups is 1. The van der Waals surface area contributed by atoms with Crippen LogP contribution in [0.2, 0.25) is 5.02 Å². The summed E-state index contributed by atoms with van der Waals surface area (Å²) < 4.78 is 24.6. The predicted octanol–water partition coefficient (Wildman–Crippen LogP) is 0.587. The minimum Gasteiger partial charge on any atom is -0.367 e. The van der Waals surface area contributed by atoms with E-state index < -0.39 is 10.0 Å². The number of anilines is 1. The van der Waals surface area contributed by atoms with Gasteiger partial charge in [0, 0.05) is 46.3 Å². The van der Waals surface area contributed by atoms with E-state index in [-0.39, 0.29) is 0 Å². The molecule has 1 saturated heterocycles. The largest absolute Gasteiger partial charge is 0.367 e. The van der Waals surface area contributed by atoms with E-state index in [9.17, 15) is 8.42 Å². The molecule has 1 aromatic rings. The number of nitrogens with zero attached hydrogens (tertiary/aromatic N) is 3. The molecule has 134 valence electrons. The SMILES string of the molecule is CN=C(NCCNS(C)(=O)=O)N1CCN(c2ccccc2Cl)CC1. The quantitative estimate of drug-likeness (QED) is 0.448. The number of hydrogen-bond acceptors (Lipinski definition) is 4. The van der Waals surface area contributed by atoms with Gasteiger partial charge in [0.15, 0.2) is 5.96 Å². The van der Waals surface area contributed by atoms with Crippen LogP contribution < -0.4 is 14.9 Å². The summed E-state index contributed by atoms with van der Waals surface area (Å²) in [4.78, 5) is 8.69. The van der Waals surface area contributed by atoms with E-state index >= 15 is 0 Å². The smallest absolute Gasteiger partial charge is 0.208 e. The molecule has 0 spiro atoms. The summed E-state index contributed by atoms with van der Waals surface area (Å²) in [6, 6.07) is 7.85. The zero-order chi connectivity index (χ0) is 17.6. The number of piperazine rings is 1. The van der Waals surface area contributed by atoms with Gasteiger partial charge in [0.05, 0.1) is 17.0 Å². The van der Waals surface area contributed by atoms with Crippen molar-refractivity contribution < 1.29 is 8.42 Å². The molecule has 1 aliphatic rings. The molecular formula is C15H24ClN5O2S. The first-order valence-corrected chi connectivity index (χ1v) is 10.1. The molecule has 2 N–H and O–H groups in total. The van der Waals surface area contributed by atoms with Crippen LogP contribution in [0, 0.1) is 0 Å². The molecule has 0 unspecified atom stereocenters. The van der Waals surface area contributed by atoms with Crippen molar-refractivity contribution in [2.75, 3.05) is 57.5 Å². The van der Waals surface area contributed by atoms with Crippen LogP contribution in [-0.2, 0) is 10.0 Å². The Morgan fingerprint density at radius 3 is 2.46 bits per heavy atom. The third-order valence-corrected chi connectivity index (χ3v) is 4.80. The first kappa shape index (κ1) is 18.8. The molecule has 0 aliphatic carbocycles. The topological polar surface area (TPSA) is 77.0 Å². The second kappa shape index (κ2) is 8.55. The molecule has 1 aromatic carbocycles. The van der Waals surface area contributed by atoms with Gasteiger partial charge in [-0.2, -0.15) is 0 Å². The highest BCUT2D eigenvalue weighted by molar-refractivity contribution is 7.88. The Morgan fingerprint density at radius 1 is 1.21 bits per heavy atom. The van der Waals surface area contributed by atoms with Crippen LogP contribution in [0.3, 0.4) is 0 Å². The van der Waals surface area contributed by atoms with E-state index in [1.807, 2.05) is 24.3 Å². The lowest BCUT2D eigenvalue weighted by Crippen LogP contribution is -2.53. The summed E-state index contributed by atoms with van der Waals surface area (Å²) >= 11 is 6.26. The van der Waals surface area contributed by atoms with Crippen molar-refractivity contribution in [3.63, 3.8) is 0 Å². The lowest BCUT2D eigenvalue weighted by Gasteiger charge is -2.38. The van der Waals surface area contributed by atoms with Gasteiger partial charge < -0.3 is 15.1 Å². The monoisotopic (exact) mass is 373 g/mol. The van der Waals surface area contributed by atoms with Crippen molar-refractivity contribution in [1.29, 1.82) is 0 Å². The molecule has 7 nitrogen and oxygen atoms in total. The van der Waals surface area contributed by atoms with Crippen LogP contribution >= 0.6 is 11.6 Å². The molecule has 1 heterocycles. The number of para-hydroxylation sites is 1. The van der Waals surface area contributed by atoms with Gasteiger partial charge in [0.25, 0.3) is 0 Å². The maximum Gasteiger partial charge on any atom is 0.208 e. The standard InChI is InChI=1S/C15H24ClN5O2S/c1-17-15(18-7-8-19-24(2,22)23)21-11-9-20(10-12-21)14-6-4-3-5-13(14)16/h3-6,19H,7-12H2,1-2H3,(H,17,18). The third-order valence-electron chi connectivity index (χ3n) is 3.76. The van der Waals surface area contributed by atoms with E-state index in [0.29, 0.717) is 13.1 Å². The minimum atomic E-state index is -3.16. The lowest BCUT2D eigenvalue weighted by atomic mass is 10.2. The first-order valence-electron chi connectivity index (χ1n) is 7.80. The van der Waals surface area contributed by atoms with Crippen LogP contribution in [0.25, 0.3) is 0 Å². The van der Waals surface area contributed by atoms with E-state index in [0.717, 1.165) is 49.1 Å².